The highest BCUT2D eigenvalue weighted by molar-refractivity contribution is 5.45. The SMILES string of the molecule is CC(C)CCCCc1noc(-c2ccccn2)n1. The third-order valence-corrected chi connectivity index (χ3v) is 2.78. The Hall–Kier alpha value is -1.71. The van der Waals surface area contributed by atoms with E-state index in [-0.39, 0.29) is 0 Å². The lowest BCUT2D eigenvalue weighted by Crippen LogP contribution is -1.92. The Balaban J connectivity index is 1.87. The first-order valence-electron chi connectivity index (χ1n) is 6.49. The molecule has 0 spiro atoms. The Morgan fingerprint density at radius 3 is 2.83 bits per heavy atom. The number of hydrogen-bond acceptors (Lipinski definition) is 4. The van der Waals surface area contributed by atoms with Gasteiger partial charge in [-0.2, -0.15) is 4.98 Å². The van der Waals surface area contributed by atoms with Gasteiger partial charge in [0.1, 0.15) is 5.69 Å². The number of nitrogens with zero attached hydrogens (tertiary/aromatic N) is 3. The van der Waals surface area contributed by atoms with Crippen LogP contribution in [-0.2, 0) is 6.42 Å². The van der Waals surface area contributed by atoms with Gasteiger partial charge in [-0.05, 0) is 24.5 Å². The van der Waals surface area contributed by atoms with Gasteiger partial charge in [-0.1, -0.05) is 37.9 Å². The molecule has 0 bridgehead atoms. The number of pyridine rings is 1. The summed E-state index contributed by atoms with van der Waals surface area (Å²) in [6.45, 7) is 4.49. The highest BCUT2D eigenvalue weighted by Gasteiger charge is 2.09. The summed E-state index contributed by atoms with van der Waals surface area (Å²) in [6, 6.07) is 5.65. The summed E-state index contributed by atoms with van der Waals surface area (Å²) >= 11 is 0. The average Bonchev–Trinajstić information content (AvgIpc) is 2.84. The largest absolute Gasteiger partial charge is 0.332 e. The van der Waals surface area contributed by atoms with Crippen LogP contribution in [0.2, 0.25) is 0 Å². The number of aryl methyl sites for hydroxylation is 1. The van der Waals surface area contributed by atoms with Gasteiger partial charge in [0.15, 0.2) is 5.82 Å². The molecule has 0 amide bonds. The van der Waals surface area contributed by atoms with Crippen molar-refractivity contribution in [2.45, 2.75) is 39.5 Å². The predicted octanol–water partition coefficient (Wildman–Crippen LogP) is 3.50. The van der Waals surface area contributed by atoms with Gasteiger partial charge < -0.3 is 4.52 Å². The maximum absolute atomic E-state index is 5.21. The van der Waals surface area contributed by atoms with E-state index >= 15 is 0 Å². The monoisotopic (exact) mass is 245 g/mol. The van der Waals surface area contributed by atoms with Crippen molar-refractivity contribution in [3.05, 3.63) is 30.2 Å². The molecule has 0 radical (unpaired) electrons. The Labute approximate surface area is 107 Å². The normalized spacial score (nSPS) is 11.1. The second-order valence-electron chi connectivity index (χ2n) is 4.87. The fourth-order valence-corrected chi connectivity index (χ4v) is 1.78. The Bertz CT molecular complexity index is 465. The molecule has 4 nitrogen and oxygen atoms in total. The minimum atomic E-state index is 0.509. The van der Waals surface area contributed by atoms with Gasteiger partial charge in [0.2, 0.25) is 0 Å². The lowest BCUT2D eigenvalue weighted by molar-refractivity contribution is 0.419. The van der Waals surface area contributed by atoms with Crippen LogP contribution in [0.5, 0.6) is 0 Å². The minimum Gasteiger partial charge on any atom is -0.332 e. The molecule has 0 aliphatic heterocycles. The summed E-state index contributed by atoms with van der Waals surface area (Å²) in [5.74, 6) is 2.05. The zero-order valence-corrected chi connectivity index (χ0v) is 11.0. The maximum atomic E-state index is 5.21. The number of rotatable bonds is 6. The van der Waals surface area contributed by atoms with E-state index < -0.39 is 0 Å². The first kappa shape index (κ1) is 12.7. The van der Waals surface area contributed by atoms with Crippen molar-refractivity contribution in [1.82, 2.24) is 15.1 Å². The van der Waals surface area contributed by atoms with Crippen LogP contribution in [0.15, 0.2) is 28.9 Å². The van der Waals surface area contributed by atoms with E-state index in [0.717, 1.165) is 30.3 Å². The minimum absolute atomic E-state index is 0.509. The zero-order valence-electron chi connectivity index (χ0n) is 11.0. The van der Waals surface area contributed by atoms with Crippen LogP contribution in [0.3, 0.4) is 0 Å². The van der Waals surface area contributed by atoms with E-state index in [1.165, 1.54) is 12.8 Å². The zero-order chi connectivity index (χ0) is 12.8. The second-order valence-corrected chi connectivity index (χ2v) is 4.87. The fourth-order valence-electron chi connectivity index (χ4n) is 1.78. The van der Waals surface area contributed by atoms with Crippen molar-refractivity contribution in [2.75, 3.05) is 0 Å². The van der Waals surface area contributed by atoms with Crippen molar-refractivity contribution < 1.29 is 4.52 Å². The topological polar surface area (TPSA) is 51.8 Å². The molecule has 0 aromatic carbocycles. The van der Waals surface area contributed by atoms with Gasteiger partial charge >= 0.3 is 0 Å². The third kappa shape index (κ3) is 3.65. The van der Waals surface area contributed by atoms with Gasteiger partial charge in [-0.25, -0.2) is 0 Å². The summed E-state index contributed by atoms with van der Waals surface area (Å²) < 4.78 is 5.21. The highest BCUT2D eigenvalue weighted by atomic mass is 16.5. The third-order valence-electron chi connectivity index (χ3n) is 2.78. The molecule has 0 saturated carbocycles. The van der Waals surface area contributed by atoms with Gasteiger partial charge in [-0.15, -0.1) is 0 Å². The summed E-state index contributed by atoms with van der Waals surface area (Å²) in [5, 5.41) is 3.98. The van der Waals surface area contributed by atoms with Crippen molar-refractivity contribution >= 4 is 0 Å². The van der Waals surface area contributed by atoms with E-state index in [9.17, 15) is 0 Å². The quantitative estimate of drug-likeness (QED) is 0.731. The number of hydrogen-bond donors (Lipinski definition) is 0. The molecule has 0 aliphatic rings. The molecule has 4 heteroatoms. The van der Waals surface area contributed by atoms with Crippen LogP contribution in [0.4, 0.5) is 0 Å². The van der Waals surface area contributed by atoms with E-state index in [4.69, 9.17) is 4.52 Å². The maximum Gasteiger partial charge on any atom is 0.276 e. The summed E-state index contributed by atoms with van der Waals surface area (Å²) in [5.41, 5.74) is 0.735. The van der Waals surface area contributed by atoms with Crippen LogP contribution in [0.25, 0.3) is 11.6 Å². The van der Waals surface area contributed by atoms with Crippen LogP contribution < -0.4 is 0 Å². The Morgan fingerprint density at radius 2 is 2.11 bits per heavy atom. The van der Waals surface area contributed by atoms with E-state index in [2.05, 4.69) is 29.0 Å². The molecule has 2 aromatic rings. The van der Waals surface area contributed by atoms with Crippen LogP contribution >= 0.6 is 0 Å². The lowest BCUT2D eigenvalue weighted by atomic mass is 10.1. The van der Waals surface area contributed by atoms with Crippen LogP contribution in [0.1, 0.15) is 38.9 Å². The lowest BCUT2D eigenvalue weighted by Gasteiger charge is -2.01. The van der Waals surface area contributed by atoms with E-state index in [1.807, 2.05) is 18.2 Å². The smallest absolute Gasteiger partial charge is 0.276 e. The molecule has 0 saturated heterocycles. The molecule has 0 aliphatic carbocycles. The Morgan fingerprint density at radius 1 is 1.22 bits per heavy atom. The molecular weight excluding hydrogens is 226 g/mol. The van der Waals surface area contributed by atoms with E-state index in [1.54, 1.807) is 6.20 Å². The van der Waals surface area contributed by atoms with Crippen molar-refractivity contribution in [3.8, 4) is 11.6 Å². The van der Waals surface area contributed by atoms with Crippen molar-refractivity contribution in [3.63, 3.8) is 0 Å². The first-order chi connectivity index (χ1) is 8.75. The van der Waals surface area contributed by atoms with E-state index in [0.29, 0.717) is 5.89 Å². The molecule has 2 aromatic heterocycles. The molecule has 0 atom stereocenters. The van der Waals surface area contributed by atoms with Crippen LogP contribution in [-0.4, -0.2) is 15.1 Å². The molecule has 0 unspecified atom stereocenters. The first-order valence-corrected chi connectivity index (χ1v) is 6.49. The van der Waals surface area contributed by atoms with Gasteiger partial charge in [-0.3, -0.25) is 4.98 Å². The van der Waals surface area contributed by atoms with Gasteiger partial charge in [0.25, 0.3) is 5.89 Å². The number of unbranched alkanes of at least 4 members (excludes halogenated alkanes) is 1. The molecule has 96 valence electrons. The highest BCUT2D eigenvalue weighted by Crippen LogP contribution is 2.15. The fraction of sp³-hybridized carbons (Fsp3) is 0.500. The number of aromatic nitrogens is 3. The van der Waals surface area contributed by atoms with Crippen molar-refractivity contribution in [2.24, 2.45) is 5.92 Å². The summed E-state index contributed by atoms with van der Waals surface area (Å²) in [4.78, 5) is 8.54. The second kappa shape index (κ2) is 6.28. The average molecular weight is 245 g/mol. The van der Waals surface area contributed by atoms with Crippen molar-refractivity contribution in [1.29, 1.82) is 0 Å². The van der Waals surface area contributed by atoms with Crippen LogP contribution in [0, 0.1) is 5.92 Å². The summed E-state index contributed by atoms with van der Waals surface area (Å²) in [6.07, 6.45) is 6.18. The molecule has 2 heterocycles. The molecule has 2 rings (SSSR count). The predicted molar refractivity (Wildman–Crippen MR) is 69.9 cm³/mol. The Kier molecular flexibility index (Phi) is 4.45. The molecular formula is C14H19N3O. The van der Waals surface area contributed by atoms with Gasteiger partial charge in [0.05, 0.1) is 0 Å². The molecule has 0 N–H and O–H groups in total. The summed E-state index contributed by atoms with van der Waals surface area (Å²) in [7, 11) is 0. The standard InChI is InChI=1S/C14H19N3O/c1-11(2)7-3-4-9-13-16-14(18-17-13)12-8-5-6-10-15-12/h5-6,8,10-11H,3-4,7,9H2,1-2H3. The molecule has 18 heavy (non-hydrogen) atoms. The van der Waals surface area contributed by atoms with Gasteiger partial charge in [0, 0.05) is 12.6 Å². The molecule has 0 fully saturated rings.